The molecule has 1 heterocycles. The Hall–Kier alpha value is -2.40. The van der Waals surface area contributed by atoms with E-state index in [0.29, 0.717) is 12.3 Å². The van der Waals surface area contributed by atoms with Gasteiger partial charge in [0.05, 0.1) is 7.11 Å². The van der Waals surface area contributed by atoms with Crippen molar-refractivity contribution in [1.29, 1.82) is 0 Å². The number of esters is 1. The highest BCUT2D eigenvalue weighted by atomic mass is 16.5. The van der Waals surface area contributed by atoms with Crippen LogP contribution in [0.5, 0.6) is 11.6 Å². The van der Waals surface area contributed by atoms with E-state index in [1.807, 2.05) is 12.1 Å². The molecule has 2 aromatic rings. The van der Waals surface area contributed by atoms with Crippen molar-refractivity contribution in [3.8, 4) is 11.6 Å². The van der Waals surface area contributed by atoms with Crippen LogP contribution in [0.4, 0.5) is 0 Å². The third kappa shape index (κ3) is 3.08. The highest BCUT2D eigenvalue weighted by Gasteiger charge is 2.14. The molecule has 0 atom stereocenters. The second kappa shape index (κ2) is 5.97. The van der Waals surface area contributed by atoms with Gasteiger partial charge in [0.15, 0.2) is 0 Å². The van der Waals surface area contributed by atoms with E-state index in [2.05, 4.69) is 9.72 Å². The molecule has 0 saturated carbocycles. The molecule has 2 N–H and O–H groups in total. The Labute approximate surface area is 111 Å². The van der Waals surface area contributed by atoms with Gasteiger partial charge >= 0.3 is 5.97 Å². The van der Waals surface area contributed by atoms with Crippen LogP contribution in [0.15, 0.2) is 42.6 Å². The van der Waals surface area contributed by atoms with Crippen molar-refractivity contribution < 1.29 is 14.3 Å². The van der Waals surface area contributed by atoms with Crippen molar-refractivity contribution >= 4 is 5.97 Å². The van der Waals surface area contributed by atoms with Crippen molar-refractivity contribution in [3.63, 3.8) is 0 Å². The van der Waals surface area contributed by atoms with E-state index >= 15 is 0 Å². The fraction of sp³-hybridized carbons (Fsp3) is 0.143. The van der Waals surface area contributed by atoms with Crippen molar-refractivity contribution in [2.45, 2.75) is 6.54 Å². The zero-order valence-electron chi connectivity index (χ0n) is 10.5. The summed E-state index contributed by atoms with van der Waals surface area (Å²) in [5, 5.41) is 0. The minimum Gasteiger partial charge on any atom is -0.465 e. The maximum absolute atomic E-state index is 11.6. The number of hydrogen-bond acceptors (Lipinski definition) is 5. The highest BCUT2D eigenvalue weighted by Crippen LogP contribution is 2.23. The molecular formula is C14H14N2O3. The van der Waals surface area contributed by atoms with Gasteiger partial charge in [0.2, 0.25) is 5.88 Å². The molecule has 5 nitrogen and oxygen atoms in total. The standard InChI is InChI=1S/C14H14N2O3/c1-18-14(17)12-3-2-8-16-13(12)19-11-6-4-10(9-15)5-7-11/h2-8H,9,15H2,1H3. The number of methoxy groups -OCH3 is 1. The molecule has 0 aliphatic heterocycles. The minimum absolute atomic E-state index is 0.217. The SMILES string of the molecule is COC(=O)c1cccnc1Oc1ccc(CN)cc1. The molecule has 0 amide bonds. The highest BCUT2D eigenvalue weighted by molar-refractivity contribution is 5.91. The van der Waals surface area contributed by atoms with Crippen molar-refractivity contribution in [2.75, 3.05) is 7.11 Å². The van der Waals surface area contributed by atoms with E-state index in [1.165, 1.54) is 7.11 Å². The van der Waals surface area contributed by atoms with Crippen LogP contribution in [0.1, 0.15) is 15.9 Å². The molecule has 1 aromatic heterocycles. The van der Waals surface area contributed by atoms with Gasteiger partial charge in [0.25, 0.3) is 0 Å². The van der Waals surface area contributed by atoms with Gasteiger partial charge in [-0.3, -0.25) is 0 Å². The molecule has 0 spiro atoms. The number of benzene rings is 1. The number of pyridine rings is 1. The van der Waals surface area contributed by atoms with Crippen LogP contribution in [0, 0.1) is 0 Å². The maximum Gasteiger partial charge on any atom is 0.343 e. The molecule has 0 bridgehead atoms. The van der Waals surface area contributed by atoms with E-state index in [-0.39, 0.29) is 11.4 Å². The van der Waals surface area contributed by atoms with Gasteiger partial charge in [-0.05, 0) is 29.8 Å². The second-order valence-corrected chi connectivity index (χ2v) is 3.80. The summed E-state index contributed by atoms with van der Waals surface area (Å²) in [4.78, 5) is 15.6. The van der Waals surface area contributed by atoms with Gasteiger partial charge in [-0.1, -0.05) is 12.1 Å². The van der Waals surface area contributed by atoms with Crippen LogP contribution in [0.2, 0.25) is 0 Å². The number of aromatic nitrogens is 1. The summed E-state index contributed by atoms with van der Waals surface area (Å²) in [6, 6.07) is 10.5. The number of hydrogen-bond donors (Lipinski definition) is 1. The molecule has 98 valence electrons. The molecule has 1 aromatic carbocycles. The fourth-order valence-electron chi connectivity index (χ4n) is 1.54. The van der Waals surface area contributed by atoms with Crippen LogP contribution in [-0.4, -0.2) is 18.1 Å². The summed E-state index contributed by atoms with van der Waals surface area (Å²) < 4.78 is 10.3. The quantitative estimate of drug-likeness (QED) is 0.850. The predicted molar refractivity (Wildman–Crippen MR) is 70.0 cm³/mol. The summed E-state index contributed by atoms with van der Waals surface area (Å²) in [5.41, 5.74) is 6.81. The molecule has 0 aliphatic carbocycles. The lowest BCUT2D eigenvalue weighted by Gasteiger charge is -2.08. The average molecular weight is 258 g/mol. The lowest BCUT2D eigenvalue weighted by atomic mass is 10.2. The van der Waals surface area contributed by atoms with Crippen LogP contribution in [0.3, 0.4) is 0 Å². The summed E-state index contributed by atoms with van der Waals surface area (Å²) in [6.45, 7) is 0.470. The Balaban J connectivity index is 2.25. The predicted octanol–water partition coefficient (Wildman–Crippen LogP) is 2.12. The molecule has 19 heavy (non-hydrogen) atoms. The van der Waals surface area contributed by atoms with Crippen molar-refractivity contribution in [3.05, 3.63) is 53.7 Å². The lowest BCUT2D eigenvalue weighted by molar-refractivity contribution is 0.0597. The number of nitrogens with two attached hydrogens (primary N) is 1. The molecule has 0 saturated heterocycles. The van der Waals surface area contributed by atoms with Gasteiger partial charge in [-0.2, -0.15) is 0 Å². The Morgan fingerprint density at radius 1 is 1.26 bits per heavy atom. The van der Waals surface area contributed by atoms with Gasteiger partial charge in [0, 0.05) is 12.7 Å². The zero-order valence-corrected chi connectivity index (χ0v) is 10.5. The summed E-state index contributed by atoms with van der Waals surface area (Å²) >= 11 is 0. The van der Waals surface area contributed by atoms with Gasteiger partial charge in [-0.25, -0.2) is 9.78 Å². The largest absolute Gasteiger partial charge is 0.465 e. The smallest absolute Gasteiger partial charge is 0.343 e. The fourth-order valence-corrected chi connectivity index (χ4v) is 1.54. The summed E-state index contributed by atoms with van der Waals surface area (Å²) in [6.07, 6.45) is 1.55. The summed E-state index contributed by atoms with van der Waals surface area (Å²) in [5.74, 6) is 0.317. The lowest BCUT2D eigenvalue weighted by Crippen LogP contribution is -2.04. The van der Waals surface area contributed by atoms with Gasteiger partial charge in [-0.15, -0.1) is 0 Å². The molecule has 5 heteroatoms. The molecule has 2 rings (SSSR count). The topological polar surface area (TPSA) is 74.4 Å². The number of carbonyl (C=O) groups excluding carboxylic acids is 1. The van der Waals surface area contributed by atoms with E-state index < -0.39 is 5.97 Å². The first-order chi connectivity index (χ1) is 9.24. The van der Waals surface area contributed by atoms with E-state index in [9.17, 15) is 4.79 Å². The second-order valence-electron chi connectivity index (χ2n) is 3.80. The molecule has 0 aliphatic rings. The summed E-state index contributed by atoms with van der Waals surface area (Å²) in [7, 11) is 1.31. The van der Waals surface area contributed by atoms with Crippen LogP contribution in [-0.2, 0) is 11.3 Å². The third-order valence-electron chi connectivity index (χ3n) is 2.55. The number of carbonyl (C=O) groups is 1. The number of ether oxygens (including phenoxy) is 2. The molecule has 0 unspecified atom stereocenters. The first kappa shape index (κ1) is 13.0. The Kier molecular flexibility index (Phi) is 4.10. The Morgan fingerprint density at radius 3 is 2.63 bits per heavy atom. The van der Waals surface area contributed by atoms with Crippen molar-refractivity contribution in [2.24, 2.45) is 5.73 Å². The normalized spacial score (nSPS) is 10.0. The molecule has 0 radical (unpaired) electrons. The Morgan fingerprint density at radius 2 is 2.00 bits per heavy atom. The first-order valence-electron chi connectivity index (χ1n) is 5.75. The van der Waals surface area contributed by atoms with Crippen molar-refractivity contribution in [1.82, 2.24) is 4.98 Å². The molecular weight excluding hydrogens is 244 g/mol. The van der Waals surface area contributed by atoms with Crippen LogP contribution >= 0.6 is 0 Å². The van der Waals surface area contributed by atoms with Crippen LogP contribution < -0.4 is 10.5 Å². The first-order valence-corrected chi connectivity index (χ1v) is 5.75. The third-order valence-corrected chi connectivity index (χ3v) is 2.55. The minimum atomic E-state index is -0.485. The van der Waals surface area contributed by atoms with Crippen LogP contribution in [0.25, 0.3) is 0 Å². The Bertz CT molecular complexity index is 567. The number of nitrogens with zero attached hydrogens (tertiary/aromatic N) is 1. The van der Waals surface area contributed by atoms with Gasteiger partial charge < -0.3 is 15.2 Å². The number of rotatable bonds is 4. The van der Waals surface area contributed by atoms with E-state index in [4.69, 9.17) is 10.5 Å². The average Bonchev–Trinajstić information content (AvgIpc) is 2.48. The van der Waals surface area contributed by atoms with E-state index in [0.717, 1.165) is 5.56 Å². The zero-order chi connectivity index (χ0) is 13.7. The van der Waals surface area contributed by atoms with Gasteiger partial charge in [0.1, 0.15) is 11.3 Å². The van der Waals surface area contributed by atoms with E-state index in [1.54, 1.807) is 30.5 Å². The molecule has 0 fully saturated rings. The maximum atomic E-state index is 11.6. The monoisotopic (exact) mass is 258 g/mol.